The minimum atomic E-state index is -3.96. The normalized spacial score (nSPS) is 14.9. The number of sulfone groups is 1. The molecule has 0 N–H and O–H groups in total. The molecule has 7 heteroatoms. The van der Waals surface area contributed by atoms with Crippen molar-refractivity contribution in [3.05, 3.63) is 83.9 Å². The molecule has 0 spiro atoms. The van der Waals surface area contributed by atoms with Crippen molar-refractivity contribution in [3.63, 3.8) is 0 Å². The Balaban J connectivity index is 1.78. The van der Waals surface area contributed by atoms with Gasteiger partial charge in [-0.15, -0.1) is 0 Å². The van der Waals surface area contributed by atoms with Crippen LogP contribution >= 0.6 is 0 Å². The molecule has 3 rings (SSSR count). The van der Waals surface area contributed by atoms with Crippen LogP contribution in [0.15, 0.2) is 72.8 Å². The zero-order valence-electron chi connectivity index (χ0n) is 18.4. The third kappa shape index (κ3) is 5.65. The largest absolute Gasteiger partial charge is 0.461 e. The fourth-order valence-corrected chi connectivity index (χ4v) is 5.18. The van der Waals surface area contributed by atoms with Gasteiger partial charge in [0.1, 0.15) is 11.4 Å². The topological polar surface area (TPSA) is 80.8 Å². The maximum atomic E-state index is 13.4. The van der Waals surface area contributed by atoms with E-state index >= 15 is 0 Å². The molecule has 170 valence electrons. The Kier molecular flexibility index (Phi) is 7.51. The van der Waals surface area contributed by atoms with E-state index in [-0.39, 0.29) is 13.0 Å². The average Bonchev–Trinajstić information content (AvgIpc) is 3.32. The van der Waals surface area contributed by atoms with E-state index in [4.69, 9.17) is 4.74 Å². The zero-order chi connectivity index (χ0) is 23.2. The third-order valence-corrected chi connectivity index (χ3v) is 8.27. The first-order chi connectivity index (χ1) is 15.2. The molecule has 32 heavy (non-hydrogen) atoms. The number of rotatable bonds is 9. The summed E-state index contributed by atoms with van der Waals surface area (Å²) >= 11 is 0. The predicted octanol–water partition coefficient (Wildman–Crippen LogP) is 3.18. The van der Waals surface area contributed by atoms with Crippen LogP contribution in [-0.2, 0) is 37.2 Å². The summed E-state index contributed by atoms with van der Waals surface area (Å²) < 4.78 is 30.5. The SMILES string of the molecule is CC(C)(C(=O)N1CC=CC1)S(=O)(=O)CC(Cc1ccccc1)C(=O)OCc1ccccc1. The average molecular weight is 456 g/mol. The highest BCUT2D eigenvalue weighted by Gasteiger charge is 2.46. The second kappa shape index (κ2) is 10.1. The highest BCUT2D eigenvalue weighted by molar-refractivity contribution is 7.93. The van der Waals surface area contributed by atoms with Crippen LogP contribution in [-0.4, -0.2) is 48.8 Å². The molecule has 0 aromatic heterocycles. The molecule has 0 aliphatic carbocycles. The maximum Gasteiger partial charge on any atom is 0.310 e. The second-order valence-electron chi connectivity index (χ2n) is 8.45. The first-order valence-electron chi connectivity index (χ1n) is 10.6. The number of benzene rings is 2. The van der Waals surface area contributed by atoms with E-state index in [0.29, 0.717) is 13.1 Å². The lowest BCUT2D eigenvalue weighted by Crippen LogP contribution is -2.51. The molecule has 1 amide bonds. The maximum absolute atomic E-state index is 13.4. The Labute approximate surface area is 189 Å². The van der Waals surface area contributed by atoms with Gasteiger partial charge in [-0.25, -0.2) is 8.42 Å². The molecule has 1 unspecified atom stereocenters. The number of carbonyl (C=O) groups is 2. The lowest BCUT2D eigenvalue weighted by molar-refractivity contribution is -0.149. The van der Waals surface area contributed by atoms with Crippen LogP contribution in [0, 0.1) is 5.92 Å². The molecule has 1 heterocycles. The Morgan fingerprint density at radius 1 is 0.938 bits per heavy atom. The summed E-state index contributed by atoms with van der Waals surface area (Å²) in [4.78, 5) is 27.4. The molecule has 1 aliphatic rings. The fraction of sp³-hybridized carbons (Fsp3) is 0.360. The molecule has 1 aliphatic heterocycles. The van der Waals surface area contributed by atoms with E-state index in [9.17, 15) is 18.0 Å². The van der Waals surface area contributed by atoms with Gasteiger partial charge in [-0.05, 0) is 31.4 Å². The molecular formula is C25H29NO5S. The van der Waals surface area contributed by atoms with Crippen LogP contribution in [0.3, 0.4) is 0 Å². The second-order valence-corrected chi connectivity index (χ2v) is 11.0. The summed E-state index contributed by atoms with van der Waals surface area (Å²) in [6.07, 6.45) is 3.88. The van der Waals surface area contributed by atoms with Gasteiger partial charge in [-0.1, -0.05) is 72.8 Å². The van der Waals surface area contributed by atoms with Crippen molar-refractivity contribution < 1.29 is 22.7 Å². The van der Waals surface area contributed by atoms with Crippen LogP contribution in [0.25, 0.3) is 0 Å². The number of hydrogen-bond acceptors (Lipinski definition) is 5. The van der Waals surface area contributed by atoms with E-state index in [2.05, 4.69) is 0 Å². The minimum absolute atomic E-state index is 0.0623. The van der Waals surface area contributed by atoms with Crippen molar-refractivity contribution in [2.75, 3.05) is 18.8 Å². The number of hydrogen-bond donors (Lipinski definition) is 0. The van der Waals surface area contributed by atoms with Gasteiger partial charge in [0, 0.05) is 13.1 Å². The lowest BCUT2D eigenvalue weighted by Gasteiger charge is -2.30. The number of carbonyl (C=O) groups excluding carboxylic acids is 2. The first-order valence-corrected chi connectivity index (χ1v) is 12.3. The summed E-state index contributed by atoms with van der Waals surface area (Å²) in [6.45, 7) is 3.68. The van der Waals surface area contributed by atoms with Crippen molar-refractivity contribution in [1.82, 2.24) is 4.90 Å². The Morgan fingerprint density at radius 2 is 1.47 bits per heavy atom. The van der Waals surface area contributed by atoms with Crippen LogP contribution < -0.4 is 0 Å². The van der Waals surface area contributed by atoms with Crippen LogP contribution in [0.2, 0.25) is 0 Å². The van der Waals surface area contributed by atoms with Gasteiger partial charge < -0.3 is 9.64 Å². The predicted molar refractivity (Wildman–Crippen MR) is 123 cm³/mol. The van der Waals surface area contributed by atoms with E-state index < -0.39 is 38.1 Å². The summed E-state index contributed by atoms with van der Waals surface area (Å²) in [6, 6.07) is 18.4. The van der Waals surface area contributed by atoms with Gasteiger partial charge in [0.2, 0.25) is 5.91 Å². The summed E-state index contributed by atoms with van der Waals surface area (Å²) in [7, 11) is -3.96. The van der Waals surface area contributed by atoms with Crippen molar-refractivity contribution in [2.45, 2.75) is 31.6 Å². The van der Waals surface area contributed by atoms with Gasteiger partial charge >= 0.3 is 5.97 Å². The molecule has 0 fully saturated rings. The van der Waals surface area contributed by atoms with Gasteiger partial charge in [0.15, 0.2) is 9.84 Å². The van der Waals surface area contributed by atoms with Crippen molar-refractivity contribution >= 4 is 21.7 Å². The Morgan fingerprint density at radius 3 is 2.03 bits per heavy atom. The van der Waals surface area contributed by atoms with Gasteiger partial charge in [-0.2, -0.15) is 0 Å². The third-order valence-electron chi connectivity index (χ3n) is 5.70. The van der Waals surface area contributed by atoms with Gasteiger partial charge in [0.05, 0.1) is 11.7 Å². The van der Waals surface area contributed by atoms with E-state index in [1.165, 1.54) is 18.7 Å². The van der Waals surface area contributed by atoms with E-state index in [1.54, 1.807) is 0 Å². The monoisotopic (exact) mass is 455 g/mol. The molecule has 0 saturated heterocycles. The molecule has 6 nitrogen and oxygen atoms in total. The standard InChI is InChI=1S/C25H29NO5S/c1-25(2,24(28)26-15-9-10-16-26)32(29,30)19-22(17-20-11-5-3-6-12-20)23(27)31-18-21-13-7-4-8-14-21/h3-14,22H,15-19H2,1-2H3. The summed E-state index contributed by atoms with van der Waals surface area (Å²) in [5.41, 5.74) is 1.65. The minimum Gasteiger partial charge on any atom is -0.461 e. The smallest absolute Gasteiger partial charge is 0.310 e. The molecule has 2 aromatic rings. The number of esters is 1. The van der Waals surface area contributed by atoms with Gasteiger partial charge in [0.25, 0.3) is 0 Å². The quantitative estimate of drug-likeness (QED) is 0.429. The first kappa shape index (κ1) is 23.7. The molecular weight excluding hydrogens is 426 g/mol. The number of nitrogens with zero attached hydrogens (tertiary/aromatic N) is 1. The molecule has 0 radical (unpaired) electrons. The Hall–Kier alpha value is -2.93. The number of ether oxygens (including phenoxy) is 1. The highest BCUT2D eigenvalue weighted by atomic mass is 32.2. The lowest BCUT2D eigenvalue weighted by atomic mass is 10.0. The fourth-order valence-electron chi connectivity index (χ4n) is 3.59. The Bertz CT molecular complexity index is 1050. The summed E-state index contributed by atoms with van der Waals surface area (Å²) in [5.74, 6) is -2.43. The highest BCUT2D eigenvalue weighted by Crippen LogP contribution is 2.26. The summed E-state index contributed by atoms with van der Waals surface area (Å²) in [5, 5.41) is 0. The van der Waals surface area contributed by atoms with Crippen LogP contribution in [0.1, 0.15) is 25.0 Å². The van der Waals surface area contributed by atoms with Crippen molar-refractivity contribution in [1.29, 1.82) is 0 Å². The van der Waals surface area contributed by atoms with E-state index in [0.717, 1.165) is 11.1 Å². The molecule has 1 atom stereocenters. The molecule has 2 aromatic carbocycles. The van der Waals surface area contributed by atoms with Crippen LogP contribution in [0.4, 0.5) is 0 Å². The van der Waals surface area contributed by atoms with Crippen LogP contribution in [0.5, 0.6) is 0 Å². The molecule has 0 bridgehead atoms. The van der Waals surface area contributed by atoms with Gasteiger partial charge in [-0.3, -0.25) is 9.59 Å². The van der Waals surface area contributed by atoms with Crippen molar-refractivity contribution in [3.8, 4) is 0 Å². The molecule has 0 saturated carbocycles. The zero-order valence-corrected chi connectivity index (χ0v) is 19.3. The van der Waals surface area contributed by atoms with E-state index in [1.807, 2.05) is 72.8 Å². The number of amides is 1. The van der Waals surface area contributed by atoms with Crippen molar-refractivity contribution in [2.24, 2.45) is 5.92 Å².